The molecule has 122 valence electrons. The molecule has 2 N–H and O–H groups in total. The van der Waals surface area contributed by atoms with Gasteiger partial charge in [0.05, 0.1) is 12.3 Å². The van der Waals surface area contributed by atoms with Crippen LogP contribution in [0.25, 0.3) is 0 Å². The van der Waals surface area contributed by atoms with Crippen molar-refractivity contribution in [2.75, 3.05) is 57.9 Å². The van der Waals surface area contributed by atoms with Gasteiger partial charge in [0.15, 0.2) is 5.96 Å². The number of hydrogen-bond acceptors (Lipinski definition) is 4. The predicted molar refractivity (Wildman–Crippen MR) is 89.7 cm³/mol. The van der Waals surface area contributed by atoms with E-state index in [9.17, 15) is 5.11 Å². The minimum Gasteiger partial charge on any atom is -0.506 e. The van der Waals surface area contributed by atoms with Crippen LogP contribution >= 0.6 is 0 Å². The molecular weight excluding hydrogens is 280 g/mol. The monoisotopic (exact) mass is 306 g/mol. The molecule has 1 aliphatic rings. The van der Waals surface area contributed by atoms with Gasteiger partial charge in [0, 0.05) is 46.4 Å². The number of aliphatic imine (C=N–C) groups is 1. The number of rotatable bonds is 5. The summed E-state index contributed by atoms with van der Waals surface area (Å²) in [6.07, 6.45) is 0. The molecule has 0 spiro atoms. The van der Waals surface area contributed by atoms with E-state index in [0.717, 1.165) is 51.0 Å². The maximum Gasteiger partial charge on any atom is 0.193 e. The molecule has 1 aromatic rings. The Hall–Kier alpha value is -1.95. The predicted octanol–water partition coefficient (Wildman–Crippen LogP) is 1.13. The van der Waals surface area contributed by atoms with Crippen LogP contribution in [0.2, 0.25) is 0 Å². The van der Waals surface area contributed by atoms with Gasteiger partial charge in [0.1, 0.15) is 5.75 Å². The van der Waals surface area contributed by atoms with E-state index in [2.05, 4.69) is 20.1 Å². The highest BCUT2D eigenvalue weighted by molar-refractivity contribution is 5.80. The Balaban J connectivity index is 1.84. The Morgan fingerprint density at radius 1 is 1.27 bits per heavy atom. The number of piperazine rings is 1. The third-order valence-electron chi connectivity index (χ3n) is 3.75. The average Bonchev–Trinajstić information content (AvgIpc) is 2.56. The lowest BCUT2D eigenvalue weighted by Crippen LogP contribution is -2.53. The van der Waals surface area contributed by atoms with Crippen LogP contribution in [-0.2, 0) is 4.74 Å². The van der Waals surface area contributed by atoms with Crippen LogP contribution in [0.5, 0.6) is 5.75 Å². The highest BCUT2D eigenvalue weighted by atomic mass is 16.5. The molecule has 1 aromatic carbocycles. The number of benzene rings is 1. The summed E-state index contributed by atoms with van der Waals surface area (Å²) >= 11 is 0. The van der Waals surface area contributed by atoms with Crippen LogP contribution in [0.4, 0.5) is 5.69 Å². The molecule has 1 fully saturated rings. The maximum absolute atomic E-state index is 9.95. The summed E-state index contributed by atoms with van der Waals surface area (Å²) in [5.41, 5.74) is 0.904. The van der Waals surface area contributed by atoms with Crippen LogP contribution in [0.15, 0.2) is 29.3 Å². The van der Waals surface area contributed by atoms with Crippen molar-refractivity contribution in [3.05, 3.63) is 24.3 Å². The maximum atomic E-state index is 9.95. The molecule has 0 atom stereocenters. The van der Waals surface area contributed by atoms with Gasteiger partial charge in [0.2, 0.25) is 0 Å². The Labute approximate surface area is 132 Å². The molecular formula is C16H26N4O2. The van der Waals surface area contributed by atoms with Crippen molar-refractivity contribution in [2.24, 2.45) is 4.99 Å². The van der Waals surface area contributed by atoms with E-state index in [1.807, 2.05) is 25.1 Å². The lowest BCUT2D eigenvalue weighted by molar-refractivity contribution is 0.151. The van der Waals surface area contributed by atoms with E-state index in [4.69, 9.17) is 4.74 Å². The molecule has 22 heavy (non-hydrogen) atoms. The fraction of sp³-hybridized carbons (Fsp3) is 0.562. The number of hydrogen-bond donors (Lipinski definition) is 2. The second-order valence-corrected chi connectivity index (χ2v) is 5.13. The molecule has 0 amide bonds. The zero-order chi connectivity index (χ0) is 15.8. The van der Waals surface area contributed by atoms with Crippen molar-refractivity contribution in [3.63, 3.8) is 0 Å². The number of guanidine groups is 1. The molecule has 6 nitrogen and oxygen atoms in total. The first-order valence-corrected chi connectivity index (χ1v) is 7.82. The second-order valence-electron chi connectivity index (χ2n) is 5.13. The van der Waals surface area contributed by atoms with E-state index in [-0.39, 0.29) is 0 Å². The van der Waals surface area contributed by atoms with Gasteiger partial charge in [-0.15, -0.1) is 0 Å². The molecule has 0 bridgehead atoms. The lowest BCUT2D eigenvalue weighted by Gasteiger charge is -2.37. The topological polar surface area (TPSA) is 60.3 Å². The van der Waals surface area contributed by atoms with Gasteiger partial charge < -0.3 is 25.0 Å². The van der Waals surface area contributed by atoms with Crippen molar-refractivity contribution in [1.29, 1.82) is 0 Å². The summed E-state index contributed by atoms with van der Waals surface area (Å²) in [5.74, 6) is 1.26. The van der Waals surface area contributed by atoms with Crippen molar-refractivity contribution >= 4 is 11.6 Å². The largest absolute Gasteiger partial charge is 0.506 e. The third-order valence-corrected chi connectivity index (χ3v) is 3.75. The van der Waals surface area contributed by atoms with Gasteiger partial charge in [0.25, 0.3) is 0 Å². The number of nitrogens with zero attached hydrogens (tertiary/aromatic N) is 3. The number of para-hydroxylation sites is 2. The Bertz CT molecular complexity index is 485. The van der Waals surface area contributed by atoms with Gasteiger partial charge in [-0.2, -0.15) is 0 Å². The summed E-state index contributed by atoms with van der Waals surface area (Å²) in [6, 6.07) is 7.49. The van der Waals surface area contributed by atoms with Gasteiger partial charge in [-0.1, -0.05) is 12.1 Å². The highest BCUT2D eigenvalue weighted by Gasteiger charge is 2.20. The van der Waals surface area contributed by atoms with Crippen molar-refractivity contribution < 1.29 is 9.84 Å². The van der Waals surface area contributed by atoms with E-state index in [1.165, 1.54) is 0 Å². The standard InChI is InChI=1S/C16H26N4O2/c1-3-22-13-8-18-16(17-2)20-11-9-19(10-12-20)14-6-4-5-7-15(14)21/h4-7,21H,3,8-13H2,1-2H3,(H,17,18). The molecule has 0 aromatic heterocycles. The highest BCUT2D eigenvalue weighted by Crippen LogP contribution is 2.27. The van der Waals surface area contributed by atoms with Gasteiger partial charge in [-0.05, 0) is 19.1 Å². The van der Waals surface area contributed by atoms with Gasteiger partial charge in [-0.3, -0.25) is 4.99 Å². The number of phenolic OH excluding ortho intramolecular Hbond substituents is 1. The number of aromatic hydroxyl groups is 1. The normalized spacial score (nSPS) is 16.0. The summed E-state index contributed by atoms with van der Waals surface area (Å²) in [5, 5.41) is 13.3. The Morgan fingerprint density at radius 2 is 2.00 bits per heavy atom. The van der Waals surface area contributed by atoms with Gasteiger partial charge in [-0.25, -0.2) is 0 Å². The smallest absolute Gasteiger partial charge is 0.193 e. The summed E-state index contributed by atoms with van der Waals surface area (Å²) in [7, 11) is 1.80. The van der Waals surface area contributed by atoms with Crippen LogP contribution in [0, 0.1) is 0 Å². The molecule has 0 radical (unpaired) electrons. The number of ether oxygens (including phenoxy) is 1. The molecule has 6 heteroatoms. The molecule has 1 saturated heterocycles. The van der Waals surface area contributed by atoms with E-state index < -0.39 is 0 Å². The second kappa shape index (κ2) is 8.48. The fourth-order valence-corrected chi connectivity index (χ4v) is 2.60. The van der Waals surface area contributed by atoms with E-state index in [1.54, 1.807) is 13.1 Å². The van der Waals surface area contributed by atoms with Crippen molar-refractivity contribution in [3.8, 4) is 5.75 Å². The van der Waals surface area contributed by atoms with Crippen LogP contribution < -0.4 is 10.2 Å². The molecule has 0 aliphatic carbocycles. The van der Waals surface area contributed by atoms with Crippen LogP contribution in [0.3, 0.4) is 0 Å². The summed E-state index contributed by atoms with van der Waals surface area (Å²) < 4.78 is 5.33. The minimum absolute atomic E-state index is 0.343. The quantitative estimate of drug-likeness (QED) is 0.485. The Morgan fingerprint density at radius 3 is 2.64 bits per heavy atom. The van der Waals surface area contributed by atoms with Crippen LogP contribution in [0.1, 0.15) is 6.92 Å². The van der Waals surface area contributed by atoms with Crippen molar-refractivity contribution in [2.45, 2.75) is 6.92 Å². The number of phenols is 1. The molecule has 1 heterocycles. The van der Waals surface area contributed by atoms with E-state index >= 15 is 0 Å². The minimum atomic E-state index is 0.343. The first kappa shape index (κ1) is 16.4. The first-order valence-electron chi connectivity index (χ1n) is 7.82. The fourth-order valence-electron chi connectivity index (χ4n) is 2.60. The molecule has 1 aliphatic heterocycles. The third kappa shape index (κ3) is 4.27. The molecule has 0 unspecified atom stereocenters. The van der Waals surface area contributed by atoms with Crippen LogP contribution in [-0.4, -0.2) is 69.0 Å². The average molecular weight is 306 g/mol. The zero-order valence-electron chi connectivity index (χ0n) is 13.5. The van der Waals surface area contributed by atoms with E-state index in [0.29, 0.717) is 12.4 Å². The summed E-state index contributed by atoms with van der Waals surface area (Å²) in [4.78, 5) is 8.78. The Kier molecular flexibility index (Phi) is 6.33. The molecule has 2 rings (SSSR count). The first-order chi connectivity index (χ1) is 10.8. The van der Waals surface area contributed by atoms with Crippen molar-refractivity contribution in [1.82, 2.24) is 10.2 Å². The number of anilines is 1. The SMILES string of the molecule is CCOCCNC(=NC)N1CCN(c2ccccc2O)CC1. The lowest BCUT2D eigenvalue weighted by atomic mass is 10.2. The number of nitrogens with one attached hydrogen (secondary N) is 1. The van der Waals surface area contributed by atoms with Gasteiger partial charge >= 0.3 is 0 Å². The summed E-state index contributed by atoms with van der Waals surface area (Å²) in [6.45, 7) is 7.67. The zero-order valence-corrected chi connectivity index (χ0v) is 13.5. The molecule has 0 saturated carbocycles.